The van der Waals surface area contributed by atoms with Crippen LogP contribution in [0.25, 0.3) is 11.0 Å². The smallest absolute Gasteiger partial charge is 0.227 e. The summed E-state index contributed by atoms with van der Waals surface area (Å²) < 4.78 is 1.03. The van der Waals surface area contributed by atoms with Crippen LogP contribution in [0.1, 0.15) is 29.8 Å². The number of carbonyl (C=O) groups excluding carboxylic acids is 1. The second-order valence-electron chi connectivity index (χ2n) is 7.70. The lowest BCUT2D eigenvalue weighted by molar-refractivity contribution is -0.121. The Morgan fingerprint density at radius 2 is 2.00 bits per heavy atom. The Balaban J connectivity index is 1.32. The lowest BCUT2D eigenvalue weighted by Gasteiger charge is -2.30. The number of hydrogen-bond acceptors (Lipinski definition) is 3. The van der Waals surface area contributed by atoms with Gasteiger partial charge in [-0.15, -0.1) is 0 Å². The van der Waals surface area contributed by atoms with Crippen LogP contribution in [0, 0.1) is 19.8 Å². The molecule has 5 nitrogen and oxygen atoms in total. The van der Waals surface area contributed by atoms with E-state index >= 15 is 0 Å². The maximum Gasteiger partial charge on any atom is 0.227 e. The molecule has 1 amide bonds. The van der Waals surface area contributed by atoms with E-state index in [-0.39, 0.29) is 11.8 Å². The van der Waals surface area contributed by atoms with Gasteiger partial charge in [-0.25, -0.2) is 4.98 Å². The summed E-state index contributed by atoms with van der Waals surface area (Å²) in [6, 6.07) is 12.2. The number of rotatable bonds is 4. The van der Waals surface area contributed by atoms with E-state index in [4.69, 9.17) is 4.98 Å². The number of aromatic nitrogens is 2. The number of piperidine rings is 1. The first-order chi connectivity index (χ1) is 13.5. The van der Waals surface area contributed by atoms with Crippen LogP contribution in [0.15, 0.2) is 40.9 Å². The number of aryl methyl sites for hydroxylation is 2. The zero-order valence-corrected chi connectivity index (χ0v) is 17.8. The predicted octanol–water partition coefficient (Wildman–Crippen LogP) is 4.79. The van der Waals surface area contributed by atoms with Gasteiger partial charge in [-0.05, 0) is 81.2 Å². The summed E-state index contributed by atoms with van der Waals surface area (Å²) >= 11 is 3.46. The van der Waals surface area contributed by atoms with Crippen molar-refractivity contribution in [2.75, 3.05) is 18.4 Å². The molecular formula is C22H25BrN4O. The molecule has 1 aliphatic heterocycles. The molecule has 3 aromatic rings. The van der Waals surface area contributed by atoms with Crippen molar-refractivity contribution in [2.45, 2.75) is 33.2 Å². The van der Waals surface area contributed by atoms with E-state index in [1.54, 1.807) is 0 Å². The molecule has 0 unspecified atom stereocenters. The summed E-state index contributed by atoms with van der Waals surface area (Å²) in [5, 5.41) is 3.10. The first kappa shape index (κ1) is 19.2. The van der Waals surface area contributed by atoms with Crippen LogP contribution in [0.3, 0.4) is 0 Å². The fourth-order valence-corrected chi connectivity index (χ4v) is 4.29. The summed E-state index contributed by atoms with van der Waals surface area (Å²) in [6.07, 6.45) is 1.75. The van der Waals surface area contributed by atoms with Crippen LogP contribution in [0.2, 0.25) is 0 Å². The van der Waals surface area contributed by atoms with Crippen molar-refractivity contribution in [2.24, 2.45) is 5.92 Å². The average Bonchev–Trinajstić information content (AvgIpc) is 3.06. The van der Waals surface area contributed by atoms with E-state index in [9.17, 15) is 4.79 Å². The highest BCUT2D eigenvalue weighted by atomic mass is 79.9. The SMILES string of the molecule is Cc1ccc2nc(CN3CCC(C(=O)Nc4ccc(Br)cc4C)CC3)[nH]c2c1. The Labute approximate surface area is 173 Å². The number of anilines is 1. The third-order valence-electron chi connectivity index (χ3n) is 5.46. The molecule has 0 bridgehead atoms. The first-order valence-electron chi connectivity index (χ1n) is 9.72. The van der Waals surface area contributed by atoms with Crippen molar-refractivity contribution in [3.63, 3.8) is 0 Å². The second kappa shape index (κ2) is 8.05. The molecule has 2 N–H and O–H groups in total. The summed E-state index contributed by atoms with van der Waals surface area (Å²) in [4.78, 5) is 23.2. The molecule has 2 heterocycles. The summed E-state index contributed by atoms with van der Waals surface area (Å²) in [7, 11) is 0. The minimum absolute atomic E-state index is 0.0672. The van der Waals surface area contributed by atoms with Crippen molar-refractivity contribution in [3.05, 3.63) is 57.8 Å². The quantitative estimate of drug-likeness (QED) is 0.612. The Hall–Kier alpha value is -2.18. The molecule has 0 atom stereocenters. The van der Waals surface area contributed by atoms with Crippen LogP contribution in [-0.2, 0) is 11.3 Å². The van der Waals surface area contributed by atoms with Crippen LogP contribution in [0.5, 0.6) is 0 Å². The number of fused-ring (bicyclic) bond motifs is 1. The molecule has 4 rings (SSSR count). The van der Waals surface area contributed by atoms with Crippen molar-refractivity contribution in [3.8, 4) is 0 Å². The third kappa shape index (κ3) is 4.28. The Morgan fingerprint density at radius 3 is 2.75 bits per heavy atom. The highest BCUT2D eigenvalue weighted by Crippen LogP contribution is 2.24. The molecule has 146 valence electrons. The number of hydrogen-bond donors (Lipinski definition) is 2. The zero-order chi connectivity index (χ0) is 19.7. The van der Waals surface area contributed by atoms with Crippen molar-refractivity contribution in [1.29, 1.82) is 0 Å². The molecule has 1 aliphatic rings. The van der Waals surface area contributed by atoms with Crippen LogP contribution < -0.4 is 5.32 Å². The van der Waals surface area contributed by atoms with Gasteiger partial charge < -0.3 is 10.3 Å². The van der Waals surface area contributed by atoms with Gasteiger partial charge in [0, 0.05) is 16.1 Å². The van der Waals surface area contributed by atoms with Crippen LogP contribution in [-0.4, -0.2) is 33.9 Å². The average molecular weight is 441 g/mol. The topological polar surface area (TPSA) is 61.0 Å². The number of nitrogens with zero attached hydrogens (tertiary/aromatic N) is 2. The molecule has 2 aromatic carbocycles. The summed E-state index contributed by atoms with van der Waals surface area (Å²) in [5.74, 6) is 1.19. The standard InChI is InChI=1S/C22H25BrN4O/c1-14-3-5-19-20(11-14)25-21(24-19)13-27-9-7-16(8-10-27)22(28)26-18-6-4-17(23)12-15(18)2/h3-6,11-12,16H,7-10,13H2,1-2H3,(H,24,25)(H,26,28). The number of halogens is 1. The fraction of sp³-hybridized carbons (Fsp3) is 0.364. The molecule has 0 spiro atoms. The van der Waals surface area contributed by atoms with Gasteiger partial charge in [-0.3, -0.25) is 9.69 Å². The highest BCUT2D eigenvalue weighted by Gasteiger charge is 2.25. The highest BCUT2D eigenvalue weighted by molar-refractivity contribution is 9.10. The number of aromatic amines is 1. The Kier molecular flexibility index (Phi) is 5.51. The second-order valence-corrected chi connectivity index (χ2v) is 8.62. The normalized spacial score (nSPS) is 15.8. The lowest BCUT2D eigenvalue weighted by Crippen LogP contribution is -2.38. The lowest BCUT2D eigenvalue weighted by atomic mass is 9.95. The summed E-state index contributed by atoms with van der Waals surface area (Å²) in [6.45, 7) is 6.72. The van der Waals surface area contributed by atoms with Gasteiger partial charge in [0.05, 0.1) is 17.6 Å². The molecule has 0 radical (unpaired) electrons. The molecule has 1 fully saturated rings. The Morgan fingerprint density at radius 1 is 1.21 bits per heavy atom. The van der Waals surface area contributed by atoms with Crippen molar-refractivity contribution in [1.82, 2.24) is 14.9 Å². The Bertz CT molecular complexity index is 1000. The van der Waals surface area contributed by atoms with Crippen molar-refractivity contribution < 1.29 is 4.79 Å². The number of imidazole rings is 1. The maximum atomic E-state index is 12.7. The van der Waals surface area contributed by atoms with Crippen molar-refractivity contribution >= 4 is 38.6 Å². The van der Waals surface area contributed by atoms with Gasteiger partial charge >= 0.3 is 0 Å². The van der Waals surface area contributed by atoms with E-state index in [2.05, 4.69) is 56.3 Å². The van der Waals surface area contributed by atoms with E-state index < -0.39 is 0 Å². The van der Waals surface area contributed by atoms with Gasteiger partial charge in [0.1, 0.15) is 5.82 Å². The van der Waals surface area contributed by atoms with Crippen LogP contribution >= 0.6 is 15.9 Å². The molecule has 6 heteroatoms. The predicted molar refractivity (Wildman–Crippen MR) is 116 cm³/mol. The number of amides is 1. The zero-order valence-electron chi connectivity index (χ0n) is 16.3. The molecule has 0 saturated carbocycles. The van der Waals surface area contributed by atoms with E-state index in [0.717, 1.165) is 65.1 Å². The minimum Gasteiger partial charge on any atom is -0.341 e. The molecule has 0 aliphatic carbocycles. The van der Waals surface area contributed by atoms with E-state index in [1.807, 2.05) is 25.1 Å². The number of benzene rings is 2. The van der Waals surface area contributed by atoms with E-state index in [1.165, 1.54) is 5.56 Å². The monoisotopic (exact) mass is 440 g/mol. The maximum absolute atomic E-state index is 12.7. The number of H-pyrrole nitrogens is 1. The third-order valence-corrected chi connectivity index (χ3v) is 5.96. The largest absolute Gasteiger partial charge is 0.341 e. The number of carbonyl (C=O) groups is 1. The first-order valence-corrected chi connectivity index (χ1v) is 10.5. The molecule has 1 aromatic heterocycles. The molecule has 1 saturated heterocycles. The summed E-state index contributed by atoms with van der Waals surface area (Å²) in [5.41, 5.74) is 5.30. The molecular weight excluding hydrogens is 416 g/mol. The van der Waals surface area contributed by atoms with Gasteiger partial charge in [0.15, 0.2) is 0 Å². The number of likely N-dealkylation sites (tertiary alicyclic amines) is 1. The number of nitrogens with one attached hydrogen (secondary N) is 2. The molecule has 28 heavy (non-hydrogen) atoms. The van der Waals surface area contributed by atoms with Gasteiger partial charge in [-0.2, -0.15) is 0 Å². The van der Waals surface area contributed by atoms with Gasteiger partial charge in [0.25, 0.3) is 0 Å². The van der Waals surface area contributed by atoms with Gasteiger partial charge in [-0.1, -0.05) is 22.0 Å². The minimum atomic E-state index is 0.0672. The van der Waals surface area contributed by atoms with Crippen LogP contribution in [0.4, 0.5) is 5.69 Å². The van der Waals surface area contributed by atoms with Gasteiger partial charge in [0.2, 0.25) is 5.91 Å². The fourth-order valence-electron chi connectivity index (χ4n) is 3.82. The van der Waals surface area contributed by atoms with E-state index in [0.29, 0.717) is 0 Å².